The monoisotopic (exact) mass is 387 g/mol. The first-order valence-corrected chi connectivity index (χ1v) is 8.92. The fourth-order valence-electron chi connectivity index (χ4n) is 3.19. The van der Waals surface area contributed by atoms with Gasteiger partial charge in [-0.05, 0) is 6.92 Å². The van der Waals surface area contributed by atoms with Gasteiger partial charge < -0.3 is 14.6 Å². The minimum absolute atomic E-state index is 0.0459. The summed E-state index contributed by atoms with van der Waals surface area (Å²) in [7, 11) is 0. The van der Waals surface area contributed by atoms with E-state index in [1.165, 1.54) is 11.6 Å². The van der Waals surface area contributed by atoms with Crippen LogP contribution in [0, 0.1) is 5.82 Å². The first kappa shape index (κ1) is 17.2. The van der Waals surface area contributed by atoms with E-state index in [0.717, 1.165) is 30.5 Å². The van der Waals surface area contributed by atoms with Gasteiger partial charge in [-0.15, -0.1) is 11.3 Å². The lowest BCUT2D eigenvalue weighted by molar-refractivity contribution is -0.660. The largest absolute Gasteiger partial charge is 0.423 e. The second-order valence-electron chi connectivity index (χ2n) is 6.14. The summed E-state index contributed by atoms with van der Waals surface area (Å²) in [6, 6.07) is 1.09. The number of nitrogens with two attached hydrogens (primary N) is 1. The number of hydrogen-bond donors (Lipinski definition) is 1. The zero-order valence-electron chi connectivity index (χ0n) is 13.7. The molecule has 1 atom stereocenters. The molecule has 1 unspecified atom stereocenters. The lowest BCUT2D eigenvalue weighted by Crippen LogP contribution is -2.91. The molecule has 1 aromatic carbocycles. The number of benzene rings is 1. The Kier molecular flexibility index (Phi) is 4.11. The average Bonchev–Trinajstić information content (AvgIpc) is 3.22. The van der Waals surface area contributed by atoms with Crippen molar-refractivity contribution in [3.8, 4) is 10.6 Å². The Morgan fingerprint density at radius 3 is 2.85 bits per heavy atom. The van der Waals surface area contributed by atoms with Gasteiger partial charge in [0.2, 0.25) is 0 Å². The first-order valence-electron chi connectivity index (χ1n) is 8.04. The van der Waals surface area contributed by atoms with E-state index in [-0.39, 0.29) is 28.2 Å². The molecule has 2 aromatic heterocycles. The molecule has 0 radical (unpaired) electrons. The Morgan fingerprint density at radius 1 is 1.38 bits per heavy atom. The van der Waals surface area contributed by atoms with Gasteiger partial charge in [0.05, 0.1) is 31.2 Å². The molecule has 138 valence electrons. The lowest BCUT2D eigenvalue weighted by atomic mass is 10.1. The van der Waals surface area contributed by atoms with E-state index in [0.29, 0.717) is 6.54 Å². The summed E-state index contributed by atoms with van der Waals surface area (Å²) in [5, 5.41) is 3.72. The number of oxazole rings is 1. The van der Waals surface area contributed by atoms with Crippen LogP contribution in [0.15, 0.2) is 22.1 Å². The SMILES string of the molecule is CC1C[NH2+]CCN1c1nc2cc(F)c(C(F)(F)F)c(-c3nccs3)c2o1. The van der Waals surface area contributed by atoms with Gasteiger partial charge in [-0.25, -0.2) is 9.37 Å². The van der Waals surface area contributed by atoms with Crippen LogP contribution in [0.1, 0.15) is 12.5 Å². The maximum atomic E-state index is 14.4. The normalized spacial score (nSPS) is 18.7. The number of thiazole rings is 1. The molecule has 1 saturated heterocycles. The summed E-state index contributed by atoms with van der Waals surface area (Å²) in [6.45, 7) is 4.27. The number of nitrogens with zero attached hydrogens (tertiary/aromatic N) is 3. The van der Waals surface area contributed by atoms with Crippen LogP contribution in [-0.4, -0.2) is 35.6 Å². The van der Waals surface area contributed by atoms with Crippen LogP contribution in [0.25, 0.3) is 21.7 Å². The quantitative estimate of drug-likeness (QED) is 0.687. The molecule has 0 bridgehead atoms. The van der Waals surface area contributed by atoms with Crippen molar-refractivity contribution in [2.75, 3.05) is 24.5 Å². The maximum Gasteiger partial charge on any atom is 0.420 e. The highest BCUT2D eigenvalue weighted by atomic mass is 32.1. The number of fused-ring (bicyclic) bond motifs is 1. The molecule has 1 fully saturated rings. The van der Waals surface area contributed by atoms with Gasteiger partial charge >= 0.3 is 6.18 Å². The third kappa shape index (κ3) is 2.82. The second-order valence-corrected chi connectivity index (χ2v) is 7.04. The zero-order valence-corrected chi connectivity index (χ0v) is 14.5. The number of hydrogen-bond acceptors (Lipinski definition) is 5. The minimum Gasteiger partial charge on any atom is -0.423 e. The number of halogens is 4. The number of anilines is 1. The van der Waals surface area contributed by atoms with Gasteiger partial charge in [-0.3, -0.25) is 0 Å². The fraction of sp³-hybridized carbons (Fsp3) is 0.375. The van der Waals surface area contributed by atoms with E-state index in [1.54, 1.807) is 0 Å². The predicted octanol–water partition coefficient (Wildman–Crippen LogP) is 2.88. The highest BCUT2D eigenvalue weighted by Gasteiger charge is 2.40. The van der Waals surface area contributed by atoms with Crippen molar-refractivity contribution in [3.63, 3.8) is 0 Å². The average molecular weight is 387 g/mol. The second kappa shape index (κ2) is 6.20. The van der Waals surface area contributed by atoms with Crippen LogP contribution in [-0.2, 0) is 6.18 Å². The zero-order chi connectivity index (χ0) is 18.5. The van der Waals surface area contributed by atoms with Crippen LogP contribution < -0.4 is 10.2 Å². The molecule has 0 spiro atoms. The number of alkyl halides is 3. The van der Waals surface area contributed by atoms with Gasteiger partial charge in [0.25, 0.3) is 6.01 Å². The third-order valence-corrected chi connectivity index (χ3v) is 5.20. The van der Waals surface area contributed by atoms with Crippen molar-refractivity contribution in [2.24, 2.45) is 0 Å². The van der Waals surface area contributed by atoms with Crippen LogP contribution in [0.2, 0.25) is 0 Å². The van der Waals surface area contributed by atoms with Gasteiger partial charge in [0.1, 0.15) is 21.9 Å². The highest BCUT2D eigenvalue weighted by Crippen LogP contribution is 2.44. The van der Waals surface area contributed by atoms with E-state index in [4.69, 9.17) is 4.42 Å². The Labute approximate surface area is 149 Å². The summed E-state index contributed by atoms with van der Waals surface area (Å²) >= 11 is 0.991. The third-order valence-electron chi connectivity index (χ3n) is 4.41. The minimum atomic E-state index is -4.88. The number of aromatic nitrogens is 2. The standard InChI is InChI=1S/C16H14F4N4OS/c1-8-7-21-2-4-24(8)15-23-10-6-9(17)12(16(18,19)20)11(13(10)25-15)14-22-3-5-26-14/h3,5-6,8,21H,2,4,7H2,1H3/p+1. The van der Waals surface area contributed by atoms with Crippen molar-refractivity contribution in [2.45, 2.75) is 19.1 Å². The molecule has 1 aliphatic heterocycles. The van der Waals surface area contributed by atoms with Crippen molar-refractivity contribution in [3.05, 3.63) is 29.0 Å². The molecule has 3 aromatic rings. The van der Waals surface area contributed by atoms with Gasteiger partial charge in [0, 0.05) is 17.6 Å². The fourth-order valence-corrected chi connectivity index (χ4v) is 3.88. The molecule has 3 heterocycles. The summed E-state index contributed by atoms with van der Waals surface area (Å²) < 4.78 is 60.6. The number of quaternary nitrogens is 1. The number of piperazine rings is 1. The van der Waals surface area contributed by atoms with E-state index in [9.17, 15) is 17.6 Å². The van der Waals surface area contributed by atoms with E-state index in [2.05, 4.69) is 15.3 Å². The Morgan fingerprint density at radius 2 is 2.19 bits per heavy atom. The van der Waals surface area contributed by atoms with Crippen molar-refractivity contribution in [1.82, 2.24) is 9.97 Å². The Balaban J connectivity index is 1.96. The smallest absolute Gasteiger partial charge is 0.420 e. The van der Waals surface area contributed by atoms with E-state index >= 15 is 0 Å². The molecule has 0 saturated carbocycles. The highest BCUT2D eigenvalue weighted by molar-refractivity contribution is 7.13. The molecule has 0 aliphatic carbocycles. The molecule has 10 heteroatoms. The van der Waals surface area contributed by atoms with Crippen LogP contribution in [0.4, 0.5) is 23.6 Å². The number of rotatable bonds is 2. The predicted molar refractivity (Wildman–Crippen MR) is 88.5 cm³/mol. The van der Waals surface area contributed by atoms with E-state index in [1.807, 2.05) is 11.8 Å². The van der Waals surface area contributed by atoms with Crippen molar-refractivity contribution < 1.29 is 27.3 Å². The van der Waals surface area contributed by atoms with Gasteiger partial charge in [-0.1, -0.05) is 0 Å². The van der Waals surface area contributed by atoms with Crippen LogP contribution >= 0.6 is 11.3 Å². The van der Waals surface area contributed by atoms with Gasteiger partial charge in [0.15, 0.2) is 5.58 Å². The molecule has 4 rings (SSSR count). The molecule has 1 aliphatic rings. The van der Waals surface area contributed by atoms with Crippen LogP contribution in [0.3, 0.4) is 0 Å². The molecular formula is C16H15F4N4OS+. The maximum absolute atomic E-state index is 14.4. The summed E-state index contributed by atoms with van der Waals surface area (Å²) in [5.74, 6) is -1.38. The summed E-state index contributed by atoms with van der Waals surface area (Å²) in [5.41, 5.74) is -1.80. The Bertz CT molecular complexity index is 938. The topological polar surface area (TPSA) is 58.8 Å². The van der Waals surface area contributed by atoms with E-state index < -0.39 is 23.1 Å². The van der Waals surface area contributed by atoms with Crippen molar-refractivity contribution in [1.29, 1.82) is 0 Å². The summed E-state index contributed by atoms with van der Waals surface area (Å²) in [4.78, 5) is 10.1. The molecule has 2 N–H and O–H groups in total. The lowest BCUT2D eigenvalue weighted by Gasteiger charge is -2.29. The molecule has 26 heavy (non-hydrogen) atoms. The summed E-state index contributed by atoms with van der Waals surface area (Å²) in [6.07, 6.45) is -3.50. The molecular weight excluding hydrogens is 372 g/mol. The Hall–Kier alpha value is -2.20. The van der Waals surface area contributed by atoms with Crippen LogP contribution in [0.5, 0.6) is 0 Å². The van der Waals surface area contributed by atoms with Gasteiger partial charge in [-0.2, -0.15) is 18.2 Å². The molecule has 5 nitrogen and oxygen atoms in total. The first-order chi connectivity index (χ1) is 12.4. The molecule has 0 amide bonds. The van der Waals surface area contributed by atoms with Crippen molar-refractivity contribution >= 4 is 28.5 Å².